The van der Waals surface area contributed by atoms with Crippen LogP contribution in [0.5, 0.6) is 0 Å². The Kier molecular flexibility index (Phi) is 32.1. The van der Waals surface area contributed by atoms with Gasteiger partial charge < -0.3 is 4.74 Å². The first-order chi connectivity index (χ1) is 18.3. The van der Waals surface area contributed by atoms with Crippen LogP contribution in [0.25, 0.3) is 0 Å². The summed E-state index contributed by atoms with van der Waals surface area (Å²) in [6, 6.07) is 0. The van der Waals surface area contributed by atoms with Crippen molar-refractivity contribution < 1.29 is 4.74 Å². The van der Waals surface area contributed by atoms with E-state index in [1.807, 2.05) is 0 Å². The highest BCUT2D eigenvalue weighted by Crippen LogP contribution is 2.23. The molecule has 0 N–H and O–H groups in total. The van der Waals surface area contributed by atoms with Crippen LogP contribution in [-0.4, -0.2) is 13.2 Å². The van der Waals surface area contributed by atoms with Crippen LogP contribution in [0.3, 0.4) is 0 Å². The van der Waals surface area contributed by atoms with Crippen LogP contribution in [0, 0.1) is 11.8 Å². The third-order valence-corrected chi connectivity index (χ3v) is 8.57. The molecule has 0 spiro atoms. The van der Waals surface area contributed by atoms with Gasteiger partial charge in [0, 0.05) is 13.2 Å². The minimum atomic E-state index is 0.806. The van der Waals surface area contributed by atoms with E-state index in [2.05, 4.69) is 27.7 Å². The van der Waals surface area contributed by atoms with Crippen LogP contribution < -0.4 is 0 Å². The molecular weight excluding hydrogens is 448 g/mol. The predicted molar refractivity (Wildman–Crippen MR) is 170 cm³/mol. The SMILES string of the molecule is CCCCCCCCCCC(CCCCCC)COCC(CCCCCC)CCCCCCCCCC. The van der Waals surface area contributed by atoms with Crippen LogP contribution in [0.1, 0.15) is 207 Å². The Morgan fingerprint density at radius 3 is 0.784 bits per heavy atom. The van der Waals surface area contributed by atoms with Gasteiger partial charge in [0.2, 0.25) is 0 Å². The fraction of sp³-hybridized carbons (Fsp3) is 1.00. The lowest BCUT2D eigenvalue weighted by Gasteiger charge is -2.21. The van der Waals surface area contributed by atoms with Crippen LogP contribution in [-0.2, 0) is 4.74 Å². The summed E-state index contributed by atoms with van der Waals surface area (Å²) >= 11 is 0. The number of unbranched alkanes of at least 4 members (excludes halogenated alkanes) is 20. The maximum Gasteiger partial charge on any atom is 0.0494 e. The molecule has 0 fully saturated rings. The molecule has 0 saturated carbocycles. The van der Waals surface area contributed by atoms with Gasteiger partial charge in [-0.15, -0.1) is 0 Å². The van der Waals surface area contributed by atoms with Gasteiger partial charge in [0.15, 0.2) is 0 Å². The van der Waals surface area contributed by atoms with E-state index in [-0.39, 0.29) is 0 Å². The molecule has 2 unspecified atom stereocenters. The summed E-state index contributed by atoms with van der Waals surface area (Å²) < 4.78 is 6.52. The Morgan fingerprint density at radius 1 is 0.297 bits per heavy atom. The summed E-state index contributed by atoms with van der Waals surface area (Å²) in [4.78, 5) is 0. The lowest BCUT2D eigenvalue weighted by molar-refractivity contribution is 0.0587. The maximum absolute atomic E-state index is 6.52. The second-order valence-corrected chi connectivity index (χ2v) is 12.5. The van der Waals surface area contributed by atoms with Gasteiger partial charge in [-0.25, -0.2) is 0 Å². The molecule has 0 saturated heterocycles. The van der Waals surface area contributed by atoms with Gasteiger partial charge in [0.25, 0.3) is 0 Å². The normalized spacial score (nSPS) is 13.3. The monoisotopic (exact) mass is 523 g/mol. The van der Waals surface area contributed by atoms with Gasteiger partial charge in [0.1, 0.15) is 0 Å². The molecule has 0 aromatic carbocycles. The molecular formula is C36H74O. The van der Waals surface area contributed by atoms with Crippen LogP contribution in [0.15, 0.2) is 0 Å². The van der Waals surface area contributed by atoms with E-state index >= 15 is 0 Å². The molecule has 1 heteroatoms. The maximum atomic E-state index is 6.52. The van der Waals surface area contributed by atoms with E-state index in [0.717, 1.165) is 25.0 Å². The number of hydrogen-bond acceptors (Lipinski definition) is 1. The molecule has 0 aromatic rings. The molecule has 0 aliphatic heterocycles. The van der Waals surface area contributed by atoms with Gasteiger partial charge >= 0.3 is 0 Å². The van der Waals surface area contributed by atoms with Gasteiger partial charge in [-0.3, -0.25) is 0 Å². The van der Waals surface area contributed by atoms with Crippen molar-refractivity contribution in [2.24, 2.45) is 11.8 Å². The summed E-state index contributed by atoms with van der Waals surface area (Å²) in [7, 11) is 0. The minimum absolute atomic E-state index is 0.806. The van der Waals surface area contributed by atoms with Gasteiger partial charge in [0.05, 0.1) is 0 Å². The van der Waals surface area contributed by atoms with E-state index < -0.39 is 0 Å². The molecule has 0 bridgehead atoms. The molecule has 0 amide bonds. The third kappa shape index (κ3) is 28.8. The van der Waals surface area contributed by atoms with Gasteiger partial charge in [-0.1, -0.05) is 182 Å². The third-order valence-electron chi connectivity index (χ3n) is 8.57. The molecule has 0 aliphatic carbocycles. The lowest BCUT2D eigenvalue weighted by Crippen LogP contribution is -2.16. The molecule has 0 aromatic heterocycles. The summed E-state index contributed by atoms with van der Waals surface area (Å²) in [6.07, 6.45) is 39.7. The average Bonchev–Trinajstić information content (AvgIpc) is 2.91. The highest BCUT2D eigenvalue weighted by atomic mass is 16.5. The second-order valence-electron chi connectivity index (χ2n) is 12.5. The van der Waals surface area contributed by atoms with Gasteiger partial charge in [-0.2, -0.15) is 0 Å². The first-order valence-corrected chi connectivity index (χ1v) is 17.9. The van der Waals surface area contributed by atoms with E-state index in [1.165, 1.54) is 180 Å². The standard InChI is InChI=1S/C36H74O/c1-5-9-13-17-19-21-23-27-31-35(29-25-15-11-7-3)33-37-34-36(30-26-16-12-8-4)32-28-24-22-20-18-14-10-6-2/h35-36H,5-34H2,1-4H3. The topological polar surface area (TPSA) is 9.23 Å². The molecule has 0 rings (SSSR count). The smallest absolute Gasteiger partial charge is 0.0494 e. The highest BCUT2D eigenvalue weighted by Gasteiger charge is 2.13. The van der Waals surface area contributed by atoms with Crippen molar-refractivity contribution in [1.82, 2.24) is 0 Å². The average molecular weight is 523 g/mol. The summed E-state index contributed by atoms with van der Waals surface area (Å²) in [5.74, 6) is 1.61. The fourth-order valence-corrected chi connectivity index (χ4v) is 5.88. The number of hydrogen-bond donors (Lipinski definition) is 0. The zero-order valence-corrected chi connectivity index (χ0v) is 26.8. The predicted octanol–water partition coefficient (Wildman–Crippen LogP) is 13.2. The Labute approximate surface area is 237 Å². The Hall–Kier alpha value is -0.0400. The molecule has 37 heavy (non-hydrogen) atoms. The molecule has 224 valence electrons. The number of ether oxygens (including phenoxy) is 1. The first kappa shape index (κ1) is 37.0. The summed E-state index contributed by atoms with van der Waals surface area (Å²) in [6.45, 7) is 11.3. The largest absolute Gasteiger partial charge is 0.381 e. The van der Waals surface area contributed by atoms with Crippen LogP contribution in [0.2, 0.25) is 0 Å². The molecule has 0 aliphatic rings. The van der Waals surface area contributed by atoms with Crippen molar-refractivity contribution in [2.45, 2.75) is 207 Å². The van der Waals surface area contributed by atoms with Gasteiger partial charge in [-0.05, 0) is 37.5 Å². The first-order valence-electron chi connectivity index (χ1n) is 17.9. The van der Waals surface area contributed by atoms with E-state index in [4.69, 9.17) is 4.74 Å². The molecule has 0 heterocycles. The Balaban J connectivity index is 4.31. The van der Waals surface area contributed by atoms with E-state index in [1.54, 1.807) is 0 Å². The van der Waals surface area contributed by atoms with Crippen molar-refractivity contribution in [1.29, 1.82) is 0 Å². The lowest BCUT2D eigenvalue weighted by atomic mass is 9.94. The fourth-order valence-electron chi connectivity index (χ4n) is 5.88. The minimum Gasteiger partial charge on any atom is -0.381 e. The summed E-state index contributed by atoms with van der Waals surface area (Å²) in [5.41, 5.74) is 0. The van der Waals surface area contributed by atoms with Crippen molar-refractivity contribution in [2.75, 3.05) is 13.2 Å². The zero-order valence-electron chi connectivity index (χ0n) is 26.8. The van der Waals surface area contributed by atoms with Crippen molar-refractivity contribution in [3.8, 4) is 0 Å². The van der Waals surface area contributed by atoms with Crippen molar-refractivity contribution >= 4 is 0 Å². The molecule has 1 nitrogen and oxygen atoms in total. The van der Waals surface area contributed by atoms with Crippen LogP contribution in [0.4, 0.5) is 0 Å². The highest BCUT2D eigenvalue weighted by molar-refractivity contribution is 4.64. The van der Waals surface area contributed by atoms with Crippen LogP contribution >= 0.6 is 0 Å². The number of rotatable bonds is 32. The molecule has 0 radical (unpaired) electrons. The summed E-state index contributed by atoms with van der Waals surface area (Å²) in [5, 5.41) is 0. The molecule has 2 atom stereocenters. The Bertz CT molecular complexity index is 356. The zero-order chi connectivity index (χ0) is 27.1. The van der Waals surface area contributed by atoms with E-state index in [9.17, 15) is 0 Å². The van der Waals surface area contributed by atoms with Crippen molar-refractivity contribution in [3.63, 3.8) is 0 Å². The quantitative estimate of drug-likeness (QED) is 0.0798. The Morgan fingerprint density at radius 2 is 0.514 bits per heavy atom. The second kappa shape index (κ2) is 32.2. The van der Waals surface area contributed by atoms with E-state index in [0.29, 0.717) is 0 Å². The van der Waals surface area contributed by atoms with Crippen molar-refractivity contribution in [3.05, 3.63) is 0 Å².